The molecule has 138 valence electrons. The predicted molar refractivity (Wildman–Crippen MR) is 97.3 cm³/mol. The first-order valence-electron chi connectivity index (χ1n) is 9.31. The van der Waals surface area contributed by atoms with E-state index in [1.54, 1.807) is 4.31 Å². The average Bonchev–Trinajstić information content (AvgIpc) is 2.90. The van der Waals surface area contributed by atoms with E-state index in [2.05, 4.69) is 33.1 Å². The number of hydrogen-bond acceptors (Lipinski definition) is 6. The van der Waals surface area contributed by atoms with E-state index in [4.69, 9.17) is 0 Å². The van der Waals surface area contributed by atoms with E-state index >= 15 is 0 Å². The minimum Gasteiger partial charge on any atom is -0.352 e. The summed E-state index contributed by atoms with van der Waals surface area (Å²) in [6.07, 6.45) is 5.43. The summed E-state index contributed by atoms with van der Waals surface area (Å²) in [5.41, 5.74) is 2.54. The molecule has 1 aliphatic carbocycles. The van der Waals surface area contributed by atoms with Crippen molar-refractivity contribution in [3.05, 3.63) is 17.3 Å². The SMILES string of the molecule is CN(CCN1CCCS1(=O)=O)C1CN(c2cc3c(nn2)CCCC3)C1. The van der Waals surface area contributed by atoms with Crippen molar-refractivity contribution in [2.45, 2.75) is 38.1 Å². The Kier molecular flexibility index (Phi) is 4.68. The van der Waals surface area contributed by atoms with Crippen LogP contribution in [0.5, 0.6) is 0 Å². The summed E-state index contributed by atoms with van der Waals surface area (Å²) in [4.78, 5) is 4.55. The molecule has 4 rings (SSSR count). The Hall–Kier alpha value is -1.25. The zero-order chi connectivity index (χ0) is 17.4. The molecule has 7 nitrogen and oxygen atoms in total. The van der Waals surface area contributed by atoms with Gasteiger partial charge in [-0.2, -0.15) is 5.10 Å². The van der Waals surface area contributed by atoms with Crippen molar-refractivity contribution < 1.29 is 8.42 Å². The van der Waals surface area contributed by atoms with Gasteiger partial charge in [0.1, 0.15) is 0 Å². The number of anilines is 1. The lowest BCUT2D eigenvalue weighted by Gasteiger charge is -2.45. The van der Waals surface area contributed by atoms with Gasteiger partial charge in [-0.15, -0.1) is 5.10 Å². The molecule has 2 fully saturated rings. The van der Waals surface area contributed by atoms with Crippen molar-refractivity contribution in [2.24, 2.45) is 0 Å². The van der Waals surface area contributed by atoms with Gasteiger partial charge >= 0.3 is 0 Å². The Morgan fingerprint density at radius 2 is 2.00 bits per heavy atom. The Morgan fingerprint density at radius 3 is 2.76 bits per heavy atom. The van der Waals surface area contributed by atoms with Crippen molar-refractivity contribution in [2.75, 3.05) is 50.4 Å². The molecule has 0 amide bonds. The van der Waals surface area contributed by atoms with Gasteiger partial charge in [0, 0.05) is 38.8 Å². The minimum atomic E-state index is -2.98. The van der Waals surface area contributed by atoms with Gasteiger partial charge < -0.3 is 4.90 Å². The number of nitrogens with zero attached hydrogens (tertiary/aromatic N) is 5. The minimum absolute atomic E-state index is 0.310. The zero-order valence-corrected chi connectivity index (χ0v) is 15.7. The Labute approximate surface area is 150 Å². The van der Waals surface area contributed by atoms with Crippen LogP contribution in [0.15, 0.2) is 6.07 Å². The molecule has 0 atom stereocenters. The van der Waals surface area contributed by atoms with Crippen LogP contribution in [0.25, 0.3) is 0 Å². The molecule has 0 aromatic carbocycles. The summed E-state index contributed by atoms with van der Waals surface area (Å²) in [5, 5.41) is 8.82. The Bertz CT molecular complexity index is 733. The van der Waals surface area contributed by atoms with Crippen LogP contribution in [0.3, 0.4) is 0 Å². The van der Waals surface area contributed by atoms with Gasteiger partial charge in [-0.1, -0.05) is 0 Å². The molecule has 0 radical (unpaired) electrons. The maximum absolute atomic E-state index is 11.9. The molecular weight excluding hydrogens is 338 g/mol. The molecule has 1 aromatic rings. The molecule has 0 unspecified atom stereocenters. The van der Waals surface area contributed by atoms with Crippen LogP contribution in [0, 0.1) is 0 Å². The first-order valence-corrected chi connectivity index (χ1v) is 10.9. The van der Waals surface area contributed by atoms with Gasteiger partial charge in [-0.3, -0.25) is 4.90 Å². The molecule has 3 heterocycles. The highest BCUT2D eigenvalue weighted by Gasteiger charge is 2.33. The van der Waals surface area contributed by atoms with Crippen molar-refractivity contribution in [1.82, 2.24) is 19.4 Å². The molecule has 0 N–H and O–H groups in total. The molecule has 1 aromatic heterocycles. The number of aryl methyl sites for hydroxylation is 2. The molecule has 0 spiro atoms. The first-order chi connectivity index (χ1) is 12.0. The summed E-state index contributed by atoms with van der Waals surface area (Å²) in [6, 6.07) is 2.68. The second kappa shape index (κ2) is 6.81. The van der Waals surface area contributed by atoms with E-state index in [0.717, 1.165) is 44.7 Å². The van der Waals surface area contributed by atoms with Crippen molar-refractivity contribution in [3.63, 3.8) is 0 Å². The average molecular weight is 366 g/mol. The van der Waals surface area contributed by atoms with Crippen LogP contribution in [-0.4, -0.2) is 79.4 Å². The second-order valence-electron chi connectivity index (χ2n) is 7.49. The predicted octanol–water partition coefficient (Wildman–Crippen LogP) is 0.511. The third kappa shape index (κ3) is 3.52. The van der Waals surface area contributed by atoms with Crippen molar-refractivity contribution >= 4 is 15.8 Å². The van der Waals surface area contributed by atoms with Gasteiger partial charge in [0.2, 0.25) is 10.0 Å². The fourth-order valence-electron chi connectivity index (χ4n) is 3.95. The second-order valence-corrected chi connectivity index (χ2v) is 9.58. The number of aromatic nitrogens is 2. The maximum atomic E-state index is 11.9. The van der Waals surface area contributed by atoms with Crippen LogP contribution < -0.4 is 4.90 Å². The molecule has 8 heteroatoms. The maximum Gasteiger partial charge on any atom is 0.214 e. The fourth-order valence-corrected chi connectivity index (χ4v) is 5.47. The normalized spacial score (nSPS) is 23.7. The highest BCUT2D eigenvalue weighted by molar-refractivity contribution is 7.89. The summed E-state index contributed by atoms with van der Waals surface area (Å²) in [7, 11) is -0.895. The number of rotatable bonds is 5. The summed E-state index contributed by atoms with van der Waals surface area (Å²) < 4.78 is 25.4. The highest BCUT2D eigenvalue weighted by Crippen LogP contribution is 2.26. The third-order valence-corrected chi connectivity index (χ3v) is 7.73. The lowest BCUT2D eigenvalue weighted by atomic mass is 9.96. The summed E-state index contributed by atoms with van der Waals surface area (Å²) in [6.45, 7) is 3.95. The standard InChI is InChI=1S/C17H27N5O2S/c1-20(8-9-22-7-4-10-25(22,23)24)15-12-21(13-15)17-11-14-5-2-3-6-16(14)18-19-17/h11,15H,2-10,12-13H2,1H3. The van der Waals surface area contributed by atoms with E-state index < -0.39 is 10.0 Å². The van der Waals surface area contributed by atoms with Gasteiger partial charge in [-0.05, 0) is 50.8 Å². The van der Waals surface area contributed by atoms with E-state index in [1.807, 2.05) is 0 Å². The lowest BCUT2D eigenvalue weighted by Crippen LogP contribution is -2.59. The largest absolute Gasteiger partial charge is 0.352 e. The van der Waals surface area contributed by atoms with Gasteiger partial charge in [0.05, 0.1) is 11.4 Å². The smallest absolute Gasteiger partial charge is 0.214 e. The molecular formula is C17H27N5O2S. The highest BCUT2D eigenvalue weighted by atomic mass is 32.2. The van der Waals surface area contributed by atoms with Gasteiger partial charge in [0.25, 0.3) is 0 Å². The van der Waals surface area contributed by atoms with Crippen LogP contribution in [0.1, 0.15) is 30.5 Å². The molecule has 0 saturated carbocycles. The molecule has 25 heavy (non-hydrogen) atoms. The monoisotopic (exact) mass is 365 g/mol. The zero-order valence-electron chi connectivity index (χ0n) is 14.9. The number of fused-ring (bicyclic) bond motifs is 1. The quantitative estimate of drug-likeness (QED) is 0.757. The van der Waals surface area contributed by atoms with Crippen molar-refractivity contribution in [3.8, 4) is 0 Å². The molecule has 2 aliphatic heterocycles. The van der Waals surface area contributed by atoms with E-state index in [9.17, 15) is 8.42 Å². The number of likely N-dealkylation sites (N-methyl/N-ethyl adjacent to an activating group) is 1. The fraction of sp³-hybridized carbons (Fsp3) is 0.765. The molecule has 0 bridgehead atoms. The summed E-state index contributed by atoms with van der Waals surface area (Å²) >= 11 is 0. The van der Waals surface area contributed by atoms with Crippen LogP contribution in [0.4, 0.5) is 5.82 Å². The third-order valence-electron chi connectivity index (χ3n) is 5.77. The van der Waals surface area contributed by atoms with Crippen LogP contribution in [0.2, 0.25) is 0 Å². The van der Waals surface area contributed by atoms with Gasteiger partial charge in [0.15, 0.2) is 5.82 Å². The number of sulfonamides is 1. The topological polar surface area (TPSA) is 69.6 Å². The first kappa shape index (κ1) is 17.2. The van der Waals surface area contributed by atoms with Crippen molar-refractivity contribution in [1.29, 1.82) is 0 Å². The Balaban J connectivity index is 1.28. The van der Waals surface area contributed by atoms with Crippen LogP contribution >= 0.6 is 0 Å². The summed E-state index contributed by atoms with van der Waals surface area (Å²) in [5.74, 6) is 1.30. The van der Waals surface area contributed by atoms with E-state index in [-0.39, 0.29) is 0 Å². The lowest BCUT2D eigenvalue weighted by molar-refractivity contribution is 0.193. The van der Waals surface area contributed by atoms with E-state index in [0.29, 0.717) is 24.9 Å². The van der Waals surface area contributed by atoms with Crippen LogP contribution in [-0.2, 0) is 22.9 Å². The molecule has 3 aliphatic rings. The Morgan fingerprint density at radius 1 is 1.20 bits per heavy atom. The molecule has 2 saturated heterocycles. The van der Waals surface area contributed by atoms with Gasteiger partial charge in [-0.25, -0.2) is 12.7 Å². The number of hydrogen-bond donors (Lipinski definition) is 0. The van der Waals surface area contributed by atoms with E-state index in [1.165, 1.54) is 24.1 Å².